The molecule has 1 N–H and O–H groups in total. The van der Waals surface area contributed by atoms with Gasteiger partial charge in [-0.1, -0.05) is 24.3 Å². The summed E-state index contributed by atoms with van der Waals surface area (Å²) in [6.07, 6.45) is 2.39. The van der Waals surface area contributed by atoms with E-state index in [1.807, 2.05) is 24.3 Å². The molecule has 0 saturated carbocycles. The third-order valence-corrected chi connectivity index (χ3v) is 4.10. The van der Waals surface area contributed by atoms with Crippen molar-refractivity contribution in [1.82, 2.24) is 4.90 Å². The predicted octanol–water partition coefficient (Wildman–Crippen LogP) is 2.09. The van der Waals surface area contributed by atoms with E-state index in [1.54, 1.807) is 0 Å². The first-order chi connectivity index (χ1) is 9.61. The number of esters is 1. The van der Waals surface area contributed by atoms with Crippen molar-refractivity contribution in [1.29, 1.82) is 0 Å². The third-order valence-electron chi connectivity index (χ3n) is 4.10. The maximum absolute atomic E-state index is 11.3. The molecule has 110 valence electrons. The molecular formula is C16H23NO3. The summed E-state index contributed by atoms with van der Waals surface area (Å²) in [5.74, 6) is -0.0434. The van der Waals surface area contributed by atoms with Gasteiger partial charge in [-0.3, -0.25) is 0 Å². The molecule has 1 saturated heterocycles. The van der Waals surface area contributed by atoms with Gasteiger partial charge in [0, 0.05) is 0 Å². The smallest absolute Gasteiger partial charge is 0.339 e. The van der Waals surface area contributed by atoms with Crippen LogP contribution >= 0.6 is 0 Å². The Labute approximate surface area is 120 Å². The highest BCUT2D eigenvalue weighted by molar-refractivity contribution is 5.76. The molecule has 0 spiro atoms. The molecule has 1 aliphatic heterocycles. The largest absolute Gasteiger partial charge is 0.467 e. The summed E-state index contributed by atoms with van der Waals surface area (Å²) in [6, 6.07) is 7.70. The van der Waals surface area contributed by atoms with Gasteiger partial charge >= 0.3 is 5.97 Å². The van der Waals surface area contributed by atoms with Gasteiger partial charge in [-0.15, -0.1) is 0 Å². The van der Waals surface area contributed by atoms with E-state index in [2.05, 4.69) is 16.7 Å². The summed E-state index contributed by atoms with van der Waals surface area (Å²) < 4.78 is 4.55. The number of rotatable bonds is 3. The maximum atomic E-state index is 11.3. The quantitative estimate of drug-likeness (QED) is 0.860. The number of likely N-dealkylation sites (tertiary alicyclic amines) is 1. The Bertz CT molecular complexity index is 444. The molecule has 2 unspecified atom stereocenters. The Morgan fingerprint density at radius 1 is 1.30 bits per heavy atom. The van der Waals surface area contributed by atoms with Crippen molar-refractivity contribution < 1.29 is 14.6 Å². The van der Waals surface area contributed by atoms with Gasteiger partial charge in [0.1, 0.15) is 0 Å². The van der Waals surface area contributed by atoms with E-state index in [1.165, 1.54) is 25.5 Å². The second kappa shape index (κ2) is 6.86. The standard InChI is InChI=1S/C16H23NO3/c1-17-10-3-4-12(9-11-17)13-5-7-14(8-6-13)15(18)16(19)20-2/h5-8,12,15,18H,3-4,9-11H2,1-2H3. The van der Waals surface area contributed by atoms with Crippen LogP contribution in [0.4, 0.5) is 0 Å². The summed E-state index contributed by atoms with van der Waals surface area (Å²) in [4.78, 5) is 13.7. The molecule has 1 aromatic rings. The Hall–Kier alpha value is -1.39. The fraction of sp³-hybridized carbons (Fsp3) is 0.562. The van der Waals surface area contributed by atoms with Gasteiger partial charge in [-0.2, -0.15) is 0 Å². The molecule has 0 radical (unpaired) electrons. The summed E-state index contributed by atoms with van der Waals surface area (Å²) in [6.45, 7) is 2.28. The Balaban J connectivity index is 2.06. The van der Waals surface area contributed by atoms with Gasteiger partial charge in [0.15, 0.2) is 6.10 Å². The Morgan fingerprint density at radius 2 is 2.00 bits per heavy atom. The van der Waals surface area contributed by atoms with Gasteiger partial charge in [-0.05, 0) is 56.4 Å². The zero-order valence-electron chi connectivity index (χ0n) is 12.2. The molecule has 2 atom stereocenters. The average Bonchev–Trinajstić information content (AvgIpc) is 2.70. The number of hydrogen-bond acceptors (Lipinski definition) is 4. The van der Waals surface area contributed by atoms with Crippen LogP contribution in [0.15, 0.2) is 24.3 Å². The van der Waals surface area contributed by atoms with Crippen molar-refractivity contribution in [3.63, 3.8) is 0 Å². The van der Waals surface area contributed by atoms with Crippen LogP contribution < -0.4 is 0 Å². The highest BCUT2D eigenvalue weighted by Crippen LogP contribution is 2.28. The van der Waals surface area contributed by atoms with Crippen LogP contribution in [-0.2, 0) is 9.53 Å². The zero-order valence-corrected chi connectivity index (χ0v) is 12.2. The minimum absolute atomic E-state index is 0.573. The second-order valence-electron chi connectivity index (χ2n) is 5.52. The molecule has 0 aromatic heterocycles. The average molecular weight is 277 g/mol. The Morgan fingerprint density at radius 3 is 2.65 bits per heavy atom. The highest BCUT2D eigenvalue weighted by atomic mass is 16.5. The lowest BCUT2D eigenvalue weighted by atomic mass is 9.91. The van der Waals surface area contributed by atoms with Crippen molar-refractivity contribution in [3.8, 4) is 0 Å². The summed E-state index contributed by atoms with van der Waals surface area (Å²) in [5, 5.41) is 9.79. The molecule has 0 aliphatic carbocycles. The maximum Gasteiger partial charge on any atom is 0.339 e. The lowest BCUT2D eigenvalue weighted by Crippen LogP contribution is -2.18. The van der Waals surface area contributed by atoms with Crippen molar-refractivity contribution in [3.05, 3.63) is 35.4 Å². The van der Waals surface area contributed by atoms with E-state index >= 15 is 0 Å². The fourth-order valence-electron chi connectivity index (χ4n) is 2.77. The van der Waals surface area contributed by atoms with Crippen LogP contribution in [0.25, 0.3) is 0 Å². The lowest BCUT2D eigenvalue weighted by molar-refractivity contribution is -0.150. The molecule has 20 heavy (non-hydrogen) atoms. The van der Waals surface area contributed by atoms with E-state index in [4.69, 9.17) is 0 Å². The molecule has 1 aliphatic rings. The number of benzene rings is 1. The van der Waals surface area contributed by atoms with Gasteiger partial charge in [0.05, 0.1) is 7.11 Å². The molecule has 4 heteroatoms. The molecule has 1 heterocycles. The number of carbonyl (C=O) groups excluding carboxylic acids is 1. The fourth-order valence-corrected chi connectivity index (χ4v) is 2.77. The second-order valence-corrected chi connectivity index (χ2v) is 5.52. The SMILES string of the molecule is COC(=O)C(O)c1ccc(C2CCCN(C)CC2)cc1. The first-order valence-electron chi connectivity index (χ1n) is 7.16. The number of methoxy groups -OCH3 is 1. The molecule has 0 amide bonds. The van der Waals surface area contributed by atoms with Crippen molar-refractivity contribution in [2.45, 2.75) is 31.3 Å². The van der Waals surface area contributed by atoms with E-state index in [9.17, 15) is 9.90 Å². The minimum atomic E-state index is -1.19. The summed E-state index contributed by atoms with van der Waals surface area (Å²) >= 11 is 0. The van der Waals surface area contributed by atoms with Gasteiger partial charge < -0.3 is 14.7 Å². The van der Waals surface area contributed by atoms with E-state index in [0.717, 1.165) is 19.5 Å². The van der Waals surface area contributed by atoms with Crippen molar-refractivity contribution in [2.75, 3.05) is 27.2 Å². The number of hydrogen-bond donors (Lipinski definition) is 1. The number of aliphatic hydroxyl groups is 1. The molecule has 1 aromatic carbocycles. The molecule has 0 bridgehead atoms. The van der Waals surface area contributed by atoms with Crippen LogP contribution in [0.5, 0.6) is 0 Å². The number of nitrogens with zero attached hydrogens (tertiary/aromatic N) is 1. The van der Waals surface area contributed by atoms with Gasteiger partial charge in [0.25, 0.3) is 0 Å². The Kier molecular flexibility index (Phi) is 5.15. The summed E-state index contributed by atoms with van der Waals surface area (Å²) in [5.41, 5.74) is 1.88. The van der Waals surface area contributed by atoms with Gasteiger partial charge in [0.2, 0.25) is 0 Å². The molecule has 2 rings (SSSR count). The van der Waals surface area contributed by atoms with Crippen LogP contribution in [0.1, 0.15) is 42.4 Å². The topological polar surface area (TPSA) is 49.8 Å². The van der Waals surface area contributed by atoms with E-state index in [-0.39, 0.29) is 0 Å². The zero-order chi connectivity index (χ0) is 14.5. The van der Waals surface area contributed by atoms with Crippen molar-refractivity contribution >= 4 is 5.97 Å². The monoisotopic (exact) mass is 277 g/mol. The first-order valence-corrected chi connectivity index (χ1v) is 7.16. The van der Waals surface area contributed by atoms with Crippen LogP contribution in [0.3, 0.4) is 0 Å². The minimum Gasteiger partial charge on any atom is -0.467 e. The highest BCUT2D eigenvalue weighted by Gasteiger charge is 2.20. The third kappa shape index (κ3) is 3.58. The van der Waals surface area contributed by atoms with E-state index < -0.39 is 12.1 Å². The van der Waals surface area contributed by atoms with E-state index in [0.29, 0.717) is 11.5 Å². The number of ether oxygens (including phenoxy) is 1. The lowest BCUT2D eigenvalue weighted by Gasteiger charge is -2.16. The molecule has 4 nitrogen and oxygen atoms in total. The van der Waals surface area contributed by atoms with Crippen LogP contribution in [0, 0.1) is 0 Å². The number of aliphatic hydroxyl groups excluding tert-OH is 1. The van der Waals surface area contributed by atoms with Gasteiger partial charge in [-0.25, -0.2) is 4.79 Å². The normalized spacial score (nSPS) is 22.1. The van der Waals surface area contributed by atoms with Crippen LogP contribution in [-0.4, -0.2) is 43.2 Å². The summed E-state index contributed by atoms with van der Waals surface area (Å²) in [7, 11) is 3.44. The number of carbonyl (C=O) groups is 1. The first kappa shape index (κ1) is 15.0. The predicted molar refractivity (Wildman–Crippen MR) is 77.5 cm³/mol. The molecular weight excluding hydrogens is 254 g/mol. The molecule has 1 fully saturated rings. The van der Waals surface area contributed by atoms with Crippen molar-refractivity contribution in [2.24, 2.45) is 0 Å². The van der Waals surface area contributed by atoms with Crippen LogP contribution in [0.2, 0.25) is 0 Å².